The summed E-state index contributed by atoms with van der Waals surface area (Å²) in [6.07, 6.45) is 3.10. The van der Waals surface area contributed by atoms with Gasteiger partial charge in [0.25, 0.3) is 0 Å². The van der Waals surface area contributed by atoms with Crippen molar-refractivity contribution in [1.82, 2.24) is 9.97 Å². The van der Waals surface area contributed by atoms with E-state index >= 15 is 0 Å². The van der Waals surface area contributed by atoms with Crippen LogP contribution in [0.2, 0.25) is 0 Å². The summed E-state index contributed by atoms with van der Waals surface area (Å²) in [6.45, 7) is 2.70. The standard InChI is InChI=1S/C15H12N4O2/c1-2-18-13-8-17-9-14(19-13)21-15-10-5-3-4-6-11(10)20-12(15)7-16/h3-6,8-9H,2H2,1H3,(H,18,19). The molecule has 3 aromatic rings. The third kappa shape index (κ3) is 2.49. The fraction of sp³-hybridized carbons (Fsp3) is 0.133. The zero-order chi connectivity index (χ0) is 14.7. The lowest BCUT2D eigenvalue weighted by Crippen LogP contribution is -2.00. The number of benzene rings is 1. The highest BCUT2D eigenvalue weighted by Gasteiger charge is 2.16. The molecule has 0 saturated carbocycles. The molecule has 0 atom stereocenters. The molecule has 1 aromatic carbocycles. The summed E-state index contributed by atoms with van der Waals surface area (Å²) in [4.78, 5) is 8.33. The van der Waals surface area contributed by atoms with Gasteiger partial charge in [-0.1, -0.05) is 12.1 Å². The first kappa shape index (κ1) is 12.9. The summed E-state index contributed by atoms with van der Waals surface area (Å²) in [7, 11) is 0. The molecule has 0 aliphatic heterocycles. The van der Waals surface area contributed by atoms with E-state index in [1.165, 1.54) is 6.20 Å². The van der Waals surface area contributed by atoms with E-state index in [4.69, 9.17) is 14.4 Å². The predicted octanol–water partition coefficient (Wildman–Crippen LogP) is 3.32. The van der Waals surface area contributed by atoms with Crippen molar-refractivity contribution in [2.45, 2.75) is 6.92 Å². The maximum atomic E-state index is 9.16. The van der Waals surface area contributed by atoms with Crippen LogP contribution in [0.25, 0.3) is 11.0 Å². The summed E-state index contributed by atoms with van der Waals surface area (Å²) in [5.74, 6) is 1.39. The number of rotatable bonds is 4. The Bertz CT molecular complexity index is 820. The number of nitrogens with zero attached hydrogens (tertiary/aromatic N) is 3. The fourth-order valence-electron chi connectivity index (χ4n) is 1.96. The predicted molar refractivity (Wildman–Crippen MR) is 77.2 cm³/mol. The monoisotopic (exact) mass is 280 g/mol. The number of anilines is 1. The van der Waals surface area contributed by atoms with Gasteiger partial charge >= 0.3 is 0 Å². The highest BCUT2D eigenvalue weighted by molar-refractivity contribution is 5.86. The first-order valence-electron chi connectivity index (χ1n) is 6.47. The minimum atomic E-state index is 0.117. The second-order valence-corrected chi connectivity index (χ2v) is 4.24. The van der Waals surface area contributed by atoms with Crippen molar-refractivity contribution in [3.05, 3.63) is 42.4 Å². The minimum absolute atomic E-state index is 0.117. The quantitative estimate of drug-likeness (QED) is 0.789. The summed E-state index contributed by atoms with van der Waals surface area (Å²) < 4.78 is 11.2. The van der Waals surface area contributed by atoms with Crippen LogP contribution in [0, 0.1) is 11.3 Å². The Hall–Kier alpha value is -3.07. The molecule has 3 rings (SSSR count). The van der Waals surface area contributed by atoms with Gasteiger partial charge in [0.05, 0.1) is 17.8 Å². The van der Waals surface area contributed by atoms with Crippen LogP contribution in [-0.2, 0) is 0 Å². The van der Waals surface area contributed by atoms with Crippen molar-refractivity contribution in [2.24, 2.45) is 0 Å². The molecule has 2 heterocycles. The summed E-state index contributed by atoms with van der Waals surface area (Å²) in [6, 6.07) is 9.29. The molecule has 0 amide bonds. The average Bonchev–Trinajstić information content (AvgIpc) is 2.86. The van der Waals surface area contributed by atoms with Crippen LogP contribution in [0.4, 0.5) is 5.82 Å². The second kappa shape index (κ2) is 5.51. The average molecular weight is 280 g/mol. The number of aromatic nitrogens is 2. The maximum Gasteiger partial charge on any atom is 0.247 e. The summed E-state index contributed by atoms with van der Waals surface area (Å²) >= 11 is 0. The Morgan fingerprint density at radius 2 is 2.19 bits per heavy atom. The van der Waals surface area contributed by atoms with E-state index in [9.17, 15) is 0 Å². The Morgan fingerprint density at radius 3 is 3.00 bits per heavy atom. The Morgan fingerprint density at radius 1 is 1.33 bits per heavy atom. The second-order valence-electron chi connectivity index (χ2n) is 4.24. The van der Waals surface area contributed by atoms with Crippen molar-refractivity contribution in [3.63, 3.8) is 0 Å². The van der Waals surface area contributed by atoms with Gasteiger partial charge in [0.1, 0.15) is 17.5 Å². The zero-order valence-corrected chi connectivity index (χ0v) is 11.3. The molecule has 0 aliphatic carbocycles. The van der Waals surface area contributed by atoms with E-state index < -0.39 is 0 Å². The number of nitrogens with one attached hydrogen (secondary N) is 1. The van der Waals surface area contributed by atoms with Crippen LogP contribution in [0.15, 0.2) is 41.1 Å². The van der Waals surface area contributed by atoms with Crippen molar-refractivity contribution in [1.29, 1.82) is 5.26 Å². The van der Waals surface area contributed by atoms with Gasteiger partial charge in [-0.15, -0.1) is 0 Å². The van der Waals surface area contributed by atoms with Crippen molar-refractivity contribution < 1.29 is 9.15 Å². The molecule has 0 bridgehead atoms. The number of para-hydroxylation sites is 1. The number of furan rings is 1. The molecule has 6 heteroatoms. The number of nitriles is 1. The molecule has 0 radical (unpaired) electrons. The van der Waals surface area contributed by atoms with Gasteiger partial charge in [-0.05, 0) is 19.1 Å². The lowest BCUT2D eigenvalue weighted by molar-refractivity contribution is 0.449. The van der Waals surface area contributed by atoms with Gasteiger partial charge in [-0.25, -0.2) is 0 Å². The number of hydrogen-bond donors (Lipinski definition) is 1. The minimum Gasteiger partial charge on any atom is -0.442 e. The third-order valence-electron chi connectivity index (χ3n) is 2.83. The van der Waals surface area contributed by atoms with Crippen LogP contribution in [-0.4, -0.2) is 16.5 Å². The van der Waals surface area contributed by atoms with E-state index in [-0.39, 0.29) is 5.76 Å². The first-order chi connectivity index (χ1) is 10.3. The lowest BCUT2D eigenvalue weighted by atomic mass is 10.2. The van der Waals surface area contributed by atoms with Gasteiger partial charge in [0, 0.05) is 6.54 Å². The highest BCUT2D eigenvalue weighted by atomic mass is 16.5. The zero-order valence-electron chi connectivity index (χ0n) is 11.3. The molecule has 1 N–H and O–H groups in total. The van der Waals surface area contributed by atoms with Gasteiger partial charge in [-0.2, -0.15) is 10.2 Å². The molecule has 0 unspecified atom stereocenters. The Kier molecular flexibility index (Phi) is 3.39. The van der Waals surface area contributed by atoms with Crippen molar-refractivity contribution in [3.8, 4) is 17.7 Å². The Labute approximate surface area is 121 Å². The first-order valence-corrected chi connectivity index (χ1v) is 6.47. The smallest absolute Gasteiger partial charge is 0.247 e. The van der Waals surface area contributed by atoms with E-state index in [2.05, 4.69) is 15.3 Å². The third-order valence-corrected chi connectivity index (χ3v) is 2.83. The summed E-state index contributed by atoms with van der Waals surface area (Å²) in [5, 5.41) is 12.9. The lowest BCUT2D eigenvalue weighted by Gasteiger charge is -2.05. The molecule has 104 valence electrons. The molecule has 0 spiro atoms. The van der Waals surface area contributed by atoms with E-state index in [1.54, 1.807) is 12.3 Å². The topological polar surface area (TPSA) is 84.0 Å². The van der Waals surface area contributed by atoms with Crippen LogP contribution in [0.3, 0.4) is 0 Å². The highest BCUT2D eigenvalue weighted by Crippen LogP contribution is 2.35. The Balaban J connectivity index is 2.01. The van der Waals surface area contributed by atoms with Gasteiger partial charge < -0.3 is 14.5 Å². The maximum absolute atomic E-state index is 9.16. The number of ether oxygens (including phenoxy) is 1. The van der Waals surface area contributed by atoms with E-state index in [0.29, 0.717) is 23.0 Å². The van der Waals surface area contributed by atoms with Crippen molar-refractivity contribution in [2.75, 3.05) is 11.9 Å². The van der Waals surface area contributed by atoms with Crippen LogP contribution in [0.1, 0.15) is 12.7 Å². The molecule has 0 fully saturated rings. The molecule has 21 heavy (non-hydrogen) atoms. The van der Waals surface area contributed by atoms with Gasteiger partial charge in [0.15, 0.2) is 5.75 Å². The number of fused-ring (bicyclic) bond motifs is 1. The van der Waals surface area contributed by atoms with Crippen LogP contribution >= 0.6 is 0 Å². The number of hydrogen-bond acceptors (Lipinski definition) is 6. The van der Waals surface area contributed by atoms with Gasteiger partial charge in [-0.3, -0.25) is 4.98 Å². The van der Waals surface area contributed by atoms with E-state index in [0.717, 1.165) is 11.9 Å². The van der Waals surface area contributed by atoms with Crippen molar-refractivity contribution >= 4 is 16.8 Å². The molecule has 2 aromatic heterocycles. The fourth-order valence-corrected chi connectivity index (χ4v) is 1.96. The van der Waals surface area contributed by atoms with Gasteiger partial charge in [0.2, 0.25) is 11.6 Å². The SMILES string of the molecule is CCNc1cncc(Oc2c(C#N)oc3ccccc23)n1. The van der Waals surface area contributed by atoms with Crippen LogP contribution in [0.5, 0.6) is 11.6 Å². The summed E-state index contributed by atoms with van der Waals surface area (Å²) in [5.41, 5.74) is 0.597. The largest absolute Gasteiger partial charge is 0.442 e. The molecular formula is C15H12N4O2. The molecule has 0 saturated heterocycles. The molecular weight excluding hydrogens is 268 g/mol. The van der Waals surface area contributed by atoms with Crippen LogP contribution < -0.4 is 10.1 Å². The van der Waals surface area contributed by atoms with E-state index in [1.807, 2.05) is 31.2 Å². The molecule has 6 nitrogen and oxygen atoms in total. The normalized spacial score (nSPS) is 10.3. The molecule has 0 aliphatic rings.